The first-order chi connectivity index (χ1) is 11.6. The van der Waals surface area contributed by atoms with Gasteiger partial charge < -0.3 is 14.6 Å². The van der Waals surface area contributed by atoms with Gasteiger partial charge >= 0.3 is 0 Å². The summed E-state index contributed by atoms with van der Waals surface area (Å²) in [5.41, 5.74) is 3.06. The Kier molecular flexibility index (Phi) is 3.48. The Labute approximate surface area is 145 Å². The van der Waals surface area contributed by atoms with Crippen LogP contribution in [0.5, 0.6) is 11.5 Å². The molecule has 1 N–H and O–H groups in total. The van der Waals surface area contributed by atoms with Crippen LogP contribution in [0.25, 0.3) is 11.1 Å². The molecule has 120 valence electrons. The predicted molar refractivity (Wildman–Crippen MR) is 93.5 cm³/mol. The van der Waals surface area contributed by atoms with E-state index in [2.05, 4.69) is 0 Å². The number of aliphatic hydroxyl groups is 1. The molecule has 1 aliphatic rings. The van der Waals surface area contributed by atoms with Crippen LogP contribution in [-0.4, -0.2) is 12.2 Å². The van der Waals surface area contributed by atoms with Crippen LogP contribution in [0.2, 0.25) is 5.02 Å². The van der Waals surface area contributed by atoms with Crippen molar-refractivity contribution in [3.63, 3.8) is 0 Å². The van der Waals surface area contributed by atoms with E-state index in [1.54, 1.807) is 43.5 Å². The summed E-state index contributed by atoms with van der Waals surface area (Å²) < 4.78 is 11.2. The number of hydrogen-bond acceptors (Lipinski definition) is 3. The number of fused-ring (bicyclic) bond motifs is 3. The maximum atomic E-state index is 11.4. The van der Waals surface area contributed by atoms with Crippen LogP contribution < -0.4 is 9.47 Å². The fraction of sp³-hybridized carbons (Fsp3) is 0.100. The summed E-state index contributed by atoms with van der Waals surface area (Å²) in [7, 11) is 1.61. The van der Waals surface area contributed by atoms with Crippen molar-refractivity contribution in [2.24, 2.45) is 0 Å². The zero-order valence-corrected chi connectivity index (χ0v) is 13.7. The summed E-state index contributed by atoms with van der Waals surface area (Å²) in [6.07, 6.45) is 0. The molecule has 24 heavy (non-hydrogen) atoms. The molecule has 0 saturated heterocycles. The zero-order chi connectivity index (χ0) is 16.7. The lowest BCUT2D eigenvalue weighted by molar-refractivity contribution is -0.110. The average molecular weight is 339 g/mol. The molecule has 1 heterocycles. The minimum atomic E-state index is -1.58. The summed E-state index contributed by atoms with van der Waals surface area (Å²) in [6, 6.07) is 20.2. The Bertz CT molecular complexity index is 905. The Morgan fingerprint density at radius 1 is 0.958 bits per heavy atom. The Hall–Kier alpha value is -2.49. The van der Waals surface area contributed by atoms with Gasteiger partial charge in [0.1, 0.15) is 11.5 Å². The van der Waals surface area contributed by atoms with Crippen LogP contribution in [0.15, 0.2) is 66.7 Å². The van der Waals surface area contributed by atoms with E-state index in [1.165, 1.54) is 0 Å². The smallest absolute Gasteiger partial charge is 0.262 e. The second kappa shape index (κ2) is 5.55. The molecule has 3 nitrogen and oxygen atoms in total. The molecular weight excluding hydrogens is 324 g/mol. The first kappa shape index (κ1) is 15.1. The van der Waals surface area contributed by atoms with Gasteiger partial charge in [-0.2, -0.15) is 0 Å². The van der Waals surface area contributed by atoms with Crippen molar-refractivity contribution < 1.29 is 14.6 Å². The van der Waals surface area contributed by atoms with Crippen molar-refractivity contribution in [2.75, 3.05) is 7.11 Å². The van der Waals surface area contributed by atoms with E-state index in [0.717, 1.165) is 16.9 Å². The first-order valence-corrected chi connectivity index (χ1v) is 7.95. The number of methoxy groups -OCH3 is 1. The van der Waals surface area contributed by atoms with Crippen molar-refractivity contribution in [1.82, 2.24) is 0 Å². The summed E-state index contributed by atoms with van der Waals surface area (Å²) in [5, 5.41) is 12.0. The minimum Gasteiger partial charge on any atom is -0.497 e. The van der Waals surface area contributed by atoms with Gasteiger partial charge in [-0.05, 0) is 54.1 Å². The molecule has 3 aromatic carbocycles. The van der Waals surface area contributed by atoms with Crippen LogP contribution >= 0.6 is 11.6 Å². The van der Waals surface area contributed by atoms with Gasteiger partial charge in [-0.25, -0.2) is 0 Å². The van der Waals surface area contributed by atoms with Crippen LogP contribution in [0.3, 0.4) is 0 Å². The van der Waals surface area contributed by atoms with Crippen molar-refractivity contribution in [3.8, 4) is 22.6 Å². The van der Waals surface area contributed by atoms with Crippen molar-refractivity contribution in [2.45, 2.75) is 5.79 Å². The van der Waals surface area contributed by atoms with E-state index in [-0.39, 0.29) is 0 Å². The normalized spacial score (nSPS) is 18.3. The topological polar surface area (TPSA) is 38.7 Å². The molecule has 0 spiro atoms. The van der Waals surface area contributed by atoms with Gasteiger partial charge in [-0.1, -0.05) is 29.8 Å². The zero-order valence-electron chi connectivity index (χ0n) is 13.0. The average Bonchev–Trinajstić information content (AvgIpc) is 2.62. The van der Waals surface area contributed by atoms with E-state index < -0.39 is 5.79 Å². The summed E-state index contributed by atoms with van der Waals surface area (Å²) in [4.78, 5) is 0. The Morgan fingerprint density at radius 2 is 1.71 bits per heavy atom. The summed E-state index contributed by atoms with van der Waals surface area (Å²) in [5.74, 6) is -0.249. The van der Waals surface area contributed by atoms with Gasteiger partial charge in [0.2, 0.25) is 0 Å². The number of para-hydroxylation sites is 1. The molecule has 0 bridgehead atoms. The van der Waals surface area contributed by atoms with Gasteiger partial charge in [0.05, 0.1) is 7.11 Å². The molecule has 0 aliphatic carbocycles. The van der Waals surface area contributed by atoms with E-state index in [4.69, 9.17) is 21.1 Å². The molecule has 0 radical (unpaired) electrons. The quantitative estimate of drug-likeness (QED) is 0.742. The van der Waals surface area contributed by atoms with E-state index in [0.29, 0.717) is 21.9 Å². The number of rotatable bonds is 2. The predicted octanol–water partition coefficient (Wildman–Crippen LogP) is 4.60. The highest BCUT2D eigenvalue weighted by Gasteiger charge is 2.40. The SMILES string of the molecule is COc1ccc(C2(O)Oc3ccccc3-c3cc(Cl)ccc32)cc1. The molecule has 1 aliphatic heterocycles. The number of halogens is 1. The monoisotopic (exact) mass is 338 g/mol. The molecule has 0 amide bonds. The lowest BCUT2D eigenvalue weighted by Gasteiger charge is -2.36. The fourth-order valence-corrected chi connectivity index (χ4v) is 3.23. The van der Waals surface area contributed by atoms with Crippen LogP contribution in [0.4, 0.5) is 0 Å². The third-order valence-corrected chi connectivity index (χ3v) is 4.50. The van der Waals surface area contributed by atoms with Gasteiger partial charge in [-0.3, -0.25) is 0 Å². The van der Waals surface area contributed by atoms with Gasteiger partial charge in [-0.15, -0.1) is 0 Å². The van der Waals surface area contributed by atoms with E-state index in [1.807, 2.05) is 30.3 Å². The first-order valence-electron chi connectivity index (χ1n) is 7.57. The van der Waals surface area contributed by atoms with Crippen LogP contribution in [0.1, 0.15) is 11.1 Å². The standard InChI is InChI=1S/C20H15ClO3/c1-23-15-9-6-13(7-10-15)20(22)18-11-8-14(21)12-17(18)16-4-2-3-5-19(16)24-20/h2-12,22H,1H3. The molecule has 1 atom stereocenters. The van der Waals surface area contributed by atoms with Gasteiger partial charge in [0.25, 0.3) is 5.79 Å². The molecule has 0 aromatic heterocycles. The maximum absolute atomic E-state index is 11.4. The van der Waals surface area contributed by atoms with E-state index >= 15 is 0 Å². The highest BCUT2D eigenvalue weighted by molar-refractivity contribution is 6.31. The van der Waals surface area contributed by atoms with E-state index in [9.17, 15) is 5.11 Å². The van der Waals surface area contributed by atoms with Crippen LogP contribution in [0, 0.1) is 0 Å². The van der Waals surface area contributed by atoms with Gasteiger partial charge in [0, 0.05) is 21.7 Å². The maximum Gasteiger partial charge on any atom is 0.262 e. The largest absolute Gasteiger partial charge is 0.497 e. The lowest BCUT2D eigenvalue weighted by atomic mass is 9.87. The van der Waals surface area contributed by atoms with Crippen molar-refractivity contribution >= 4 is 11.6 Å². The summed E-state index contributed by atoms with van der Waals surface area (Å²) >= 11 is 6.18. The highest BCUT2D eigenvalue weighted by Crippen LogP contribution is 2.47. The Balaban J connectivity index is 1.94. The second-order valence-electron chi connectivity index (χ2n) is 5.66. The molecule has 0 fully saturated rings. The van der Waals surface area contributed by atoms with Crippen molar-refractivity contribution in [3.05, 3.63) is 82.9 Å². The third-order valence-electron chi connectivity index (χ3n) is 4.26. The van der Waals surface area contributed by atoms with Crippen molar-refractivity contribution in [1.29, 1.82) is 0 Å². The molecule has 3 aromatic rings. The summed E-state index contributed by atoms with van der Waals surface area (Å²) in [6.45, 7) is 0. The molecule has 1 unspecified atom stereocenters. The highest BCUT2D eigenvalue weighted by atomic mass is 35.5. The third kappa shape index (κ3) is 2.25. The van der Waals surface area contributed by atoms with Gasteiger partial charge in [0.15, 0.2) is 0 Å². The number of benzene rings is 3. The molecule has 4 rings (SSSR count). The molecule has 0 saturated carbocycles. The number of ether oxygens (including phenoxy) is 2. The minimum absolute atomic E-state index is 0.613. The Morgan fingerprint density at radius 3 is 2.46 bits per heavy atom. The fourth-order valence-electron chi connectivity index (χ4n) is 3.06. The molecule has 4 heteroatoms. The lowest BCUT2D eigenvalue weighted by Crippen LogP contribution is -2.37. The number of hydrogen-bond donors (Lipinski definition) is 1. The molecular formula is C20H15ClO3. The second-order valence-corrected chi connectivity index (χ2v) is 6.10. The van der Waals surface area contributed by atoms with Crippen LogP contribution in [-0.2, 0) is 5.79 Å².